The molecule has 0 amide bonds. The number of para-hydroxylation sites is 2. The number of H-pyrrole nitrogens is 1. The second-order valence-electron chi connectivity index (χ2n) is 7.29. The van der Waals surface area contributed by atoms with Gasteiger partial charge in [-0.05, 0) is 49.2 Å². The predicted molar refractivity (Wildman–Crippen MR) is 120 cm³/mol. The molecule has 154 valence electrons. The molecule has 5 heteroatoms. The number of aromatic amines is 1. The lowest BCUT2D eigenvalue weighted by molar-refractivity contribution is 0.269. The van der Waals surface area contributed by atoms with Crippen molar-refractivity contribution in [1.82, 2.24) is 15.3 Å². The van der Waals surface area contributed by atoms with Crippen LogP contribution in [-0.2, 0) is 19.7 Å². The molecule has 4 aromatic rings. The van der Waals surface area contributed by atoms with Crippen LogP contribution in [0.2, 0.25) is 0 Å². The van der Waals surface area contributed by atoms with Crippen molar-refractivity contribution in [2.75, 3.05) is 6.61 Å². The van der Waals surface area contributed by atoms with E-state index in [4.69, 9.17) is 9.47 Å². The molecule has 0 aliphatic heterocycles. The number of nitrogens with zero attached hydrogens (tertiary/aromatic N) is 1. The van der Waals surface area contributed by atoms with Gasteiger partial charge in [0.25, 0.3) is 0 Å². The van der Waals surface area contributed by atoms with Crippen LogP contribution in [0.4, 0.5) is 0 Å². The second kappa shape index (κ2) is 9.46. The minimum absolute atomic E-state index is 0.518. The fraction of sp³-hybridized carbons (Fsp3) is 0.240. The molecule has 0 atom stereocenters. The van der Waals surface area contributed by atoms with E-state index < -0.39 is 0 Å². The average Bonchev–Trinajstić information content (AvgIpc) is 3.17. The zero-order chi connectivity index (χ0) is 20.8. The topological polar surface area (TPSA) is 59.2 Å². The lowest BCUT2D eigenvalue weighted by atomic mass is 10.1. The maximum Gasteiger partial charge on any atom is 0.161 e. The van der Waals surface area contributed by atoms with Crippen LogP contribution >= 0.6 is 0 Å². The third-order valence-corrected chi connectivity index (χ3v) is 4.88. The Balaban J connectivity index is 1.37. The van der Waals surface area contributed by atoms with Gasteiger partial charge in [-0.25, -0.2) is 4.98 Å². The van der Waals surface area contributed by atoms with Crippen LogP contribution in [-0.4, -0.2) is 16.6 Å². The number of benzene rings is 3. The average molecular weight is 402 g/mol. The summed E-state index contributed by atoms with van der Waals surface area (Å²) in [6, 6.07) is 22.5. The smallest absolute Gasteiger partial charge is 0.161 e. The van der Waals surface area contributed by atoms with Gasteiger partial charge in [-0.3, -0.25) is 0 Å². The zero-order valence-electron chi connectivity index (χ0n) is 17.4. The molecule has 0 fully saturated rings. The van der Waals surface area contributed by atoms with Gasteiger partial charge in [0.1, 0.15) is 12.4 Å². The lowest BCUT2D eigenvalue weighted by Crippen LogP contribution is -2.14. The molecule has 4 rings (SSSR count). The fourth-order valence-corrected chi connectivity index (χ4v) is 3.31. The largest absolute Gasteiger partial charge is 0.490 e. The number of hydrogen-bond acceptors (Lipinski definition) is 4. The van der Waals surface area contributed by atoms with Crippen LogP contribution in [0.5, 0.6) is 11.5 Å². The minimum Gasteiger partial charge on any atom is -0.490 e. The Bertz CT molecular complexity index is 1070. The van der Waals surface area contributed by atoms with Crippen LogP contribution in [0.15, 0.2) is 66.7 Å². The Hall–Kier alpha value is -3.31. The van der Waals surface area contributed by atoms with Crippen molar-refractivity contribution in [3.8, 4) is 11.5 Å². The molecule has 3 aromatic carbocycles. The van der Waals surface area contributed by atoms with Gasteiger partial charge in [0.05, 0.1) is 24.2 Å². The van der Waals surface area contributed by atoms with Gasteiger partial charge < -0.3 is 19.8 Å². The highest BCUT2D eigenvalue weighted by Crippen LogP contribution is 2.29. The molecule has 5 nitrogen and oxygen atoms in total. The van der Waals surface area contributed by atoms with E-state index in [2.05, 4.69) is 52.5 Å². The van der Waals surface area contributed by atoms with E-state index in [1.165, 1.54) is 5.56 Å². The van der Waals surface area contributed by atoms with E-state index in [9.17, 15) is 0 Å². The number of nitrogens with one attached hydrogen (secondary N) is 2. The number of hydrogen-bond donors (Lipinski definition) is 2. The van der Waals surface area contributed by atoms with E-state index in [0.717, 1.165) is 46.0 Å². The Kier molecular flexibility index (Phi) is 6.30. The maximum absolute atomic E-state index is 6.02. The van der Waals surface area contributed by atoms with Crippen LogP contribution in [0.3, 0.4) is 0 Å². The van der Waals surface area contributed by atoms with E-state index >= 15 is 0 Å². The molecule has 1 aromatic heterocycles. The lowest BCUT2D eigenvalue weighted by Gasteiger charge is -2.14. The zero-order valence-corrected chi connectivity index (χ0v) is 17.4. The molecule has 0 saturated carbocycles. The van der Waals surface area contributed by atoms with Crippen LogP contribution in [0.1, 0.15) is 29.4 Å². The first kappa shape index (κ1) is 20.0. The van der Waals surface area contributed by atoms with Crippen molar-refractivity contribution >= 4 is 11.0 Å². The molecule has 2 N–H and O–H groups in total. The summed E-state index contributed by atoms with van der Waals surface area (Å²) >= 11 is 0. The van der Waals surface area contributed by atoms with Crippen molar-refractivity contribution in [3.63, 3.8) is 0 Å². The predicted octanol–water partition coefficient (Wildman–Crippen LogP) is 5.14. The van der Waals surface area contributed by atoms with Crippen molar-refractivity contribution in [1.29, 1.82) is 0 Å². The highest BCUT2D eigenvalue weighted by atomic mass is 16.5. The molecule has 0 aliphatic carbocycles. The Morgan fingerprint density at radius 1 is 0.867 bits per heavy atom. The van der Waals surface area contributed by atoms with Gasteiger partial charge >= 0.3 is 0 Å². The van der Waals surface area contributed by atoms with Gasteiger partial charge in [-0.1, -0.05) is 48.0 Å². The summed E-state index contributed by atoms with van der Waals surface area (Å²) in [5, 5.41) is 3.44. The molecule has 0 bridgehead atoms. The molecule has 0 radical (unpaired) electrons. The first-order chi connectivity index (χ1) is 14.7. The third-order valence-electron chi connectivity index (χ3n) is 4.88. The quantitative estimate of drug-likeness (QED) is 0.408. The van der Waals surface area contributed by atoms with E-state index in [1.807, 2.05) is 43.3 Å². The highest BCUT2D eigenvalue weighted by Gasteiger charge is 2.08. The number of aromatic nitrogens is 2. The number of aryl methyl sites for hydroxylation is 1. The van der Waals surface area contributed by atoms with Gasteiger partial charge in [0.15, 0.2) is 11.5 Å². The number of rotatable bonds is 9. The molecular formula is C25H27N3O2. The molecule has 0 spiro atoms. The summed E-state index contributed by atoms with van der Waals surface area (Å²) in [6.45, 7) is 6.56. The first-order valence-corrected chi connectivity index (χ1v) is 10.3. The van der Waals surface area contributed by atoms with Crippen LogP contribution < -0.4 is 14.8 Å². The van der Waals surface area contributed by atoms with Crippen molar-refractivity contribution in [2.45, 2.75) is 33.5 Å². The summed E-state index contributed by atoms with van der Waals surface area (Å²) in [5.74, 6) is 2.46. The van der Waals surface area contributed by atoms with Gasteiger partial charge in [-0.15, -0.1) is 0 Å². The summed E-state index contributed by atoms with van der Waals surface area (Å²) in [7, 11) is 0. The highest BCUT2D eigenvalue weighted by molar-refractivity contribution is 5.74. The van der Waals surface area contributed by atoms with Crippen molar-refractivity contribution in [2.24, 2.45) is 0 Å². The van der Waals surface area contributed by atoms with Crippen molar-refractivity contribution in [3.05, 3.63) is 89.2 Å². The maximum atomic E-state index is 6.02. The molecular weight excluding hydrogens is 374 g/mol. The molecule has 30 heavy (non-hydrogen) atoms. The Labute approximate surface area is 177 Å². The van der Waals surface area contributed by atoms with E-state index in [-0.39, 0.29) is 0 Å². The minimum atomic E-state index is 0.518. The normalized spacial score (nSPS) is 11.0. The van der Waals surface area contributed by atoms with Crippen molar-refractivity contribution < 1.29 is 9.47 Å². The van der Waals surface area contributed by atoms with Crippen LogP contribution in [0, 0.1) is 6.92 Å². The molecule has 0 unspecified atom stereocenters. The summed E-state index contributed by atoms with van der Waals surface area (Å²) in [5.41, 5.74) is 5.57. The van der Waals surface area contributed by atoms with Gasteiger partial charge in [0, 0.05) is 6.54 Å². The van der Waals surface area contributed by atoms with Gasteiger partial charge in [-0.2, -0.15) is 0 Å². The third kappa shape index (κ3) is 4.99. The summed E-state index contributed by atoms with van der Waals surface area (Å²) in [4.78, 5) is 7.94. The second-order valence-corrected chi connectivity index (χ2v) is 7.29. The Morgan fingerprint density at radius 2 is 1.67 bits per heavy atom. The monoisotopic (exact) mass is 401 g/mol. The SMILES string of the molecule is CCOc1cc(CNCc2nc3ccccc3[nH]2)ccc1OCc1ccc(C)cc1. The number of fused-ring (bicyclic) bond motifs is 1. The van der Waals surface area contributed by atoms with E-state index in [1.54, 1.807) is 0 Å². The Morgan fingerprint density at radius 3 is 2.47 bits per heavy atom. The summed E-state index contributed by atoms with van der Waals surface area (Å²) in [6.07, 6.45) is 0. The van der Waals surface area contributed by atoms with Crippen LogP contribution in [0.25, 0.3) is 11.0 Å². The van der Waals surface area contributed by atoms with E-state index in [0.29, 0.717) is 19.8 Å². The molecule has 0 aliphatic rings. The molecule has 0 saturated heterocycles. The first-order valence-electron chi connectivity index (χ1n) is 10.3. The van der Waals surface area contributed by atoms with Gasteiger partial charge in [0.2, 0.25) is 0 Å². The summed E-state index contributed by atoms with van der Waals surface area (Å²) < 4.78 is 11.8. The number of imidazole rings is 1. The number of ether oxygens (including phenoxy) is 2. The molecule has 1 heterocycles. The fourth-order valence-electron chi connectivity index (χ4n) is 3.31. The standard InChI is InChI=1S/C25H27N3O2/c1-3-29-24-14-20(12-13-23(24)30-17-19-10-8-18(2)9-11-19)15-26-16-25-27-21-6-4-5-7-22(21)28-25/h4-14,26H,3,15-17H2,1-2H3,(H,27,28).